The molecule has 0 radical (unpaired) electrons. The number of hydrogen-bond acceptors (Lipinski definition) is 2. The molecule has 0 aromatic rings. The molecule has 1 aliphatic heterocycles. The molecule has 0 aromatic heterocycles. The Bertz CT molecular complexity index is 182. The molecule has 3 heteroatoms. The van der Waals surface area contributed by atoms with Crippen molar-refractivity contribution in [1.29, 1.82) is 0 Å². The number of nitrogens with one attached hydrogen (secondary N) is 1. The van der Waals surface area contributed by atoms with Gasteiger partial charge < -0.3 is 10.2 Å². The van der Waals surface area contributed by atoms with E-state index in [1.807, 2.05) is 0 Å². The van der Waals surface area contributed by atoms with Crippen LogP contribution in [0.3, 0.4) is 0 Å². The van der Waals surface area contributed by atoms with Crippen molar-refractivity contribution in [3.05, 3.63) is 0 Å². The Kier molecular flexibility index (Phi) is 5.37. The smallest absolute Gasteiger partial charge is 0.0348 e. The van der Waals surface area contributed by atoms with Crippen molar-refractivity contribution in [2.24, 2.45) is 11.3 Å². The molecule has 0 aromatic carbocycles. The first kappa shape index (κ1) is 13.3. The second kappa shape index (κ2) is 6.07. The van der Waals surface area contributed by atoms with Gasteiger partial charge in [0.25, 0.3) is 0 Å². The van der Waals surface area contributed by atoms with E-state index < -0.39 is 0 Å². The van der Waals surface area contributed by atoms with Crippen molar-refractivity contribution in [2.75, 3.05) is 39.1 Å². The molecule has 2 nitrogen and oxygen atoms in total. The van der Waals surface area contributed by atoms with Crippen molar-refractivity contribution in [3.8, 4) is 0 Å². The highest BCUT2D eigenvalue weighted by molar-refractivity contribution is 6.18. The average molecular weight is 233 g/mol. The summed E-state index contributed by atoms with van der Waals surface area (Å²) in [7, 11) is 2.23. The van der Waals surface area contributed by atoms with Crippen LogP contribution in [-0.4, -0.2) is 44.0 Å². The van der Waals surface area contributed by atoms with E-state index in [9.17, 15) is 0 Å². The van der Waals surface area contributed by atoms with E-state index in [1.54, 1.807) is 0 Å². The van der Waals surface area contributed by atoms with E-state index in [0.29, 0.717) is 11.3 Å². The number of alkyl halides is 1. The molecular formula is C12H25ClN2. The lowest BCUT2D eigenvalue weighted by atomic mass is 9.74. The van der Waals surface area contributed by atoms with Gasteiger partial charge in [-0.2, -0.15) is 0 Å². The topological polar surface area (TPSA) is 15.3 Å². The van der Waals surface area contributed by atoms with Crippen molar-refractivity contribution in [2.45, 2.75) is 26.7 Å². The van der Waals surface area contributed by atoms with E-state index in [1.165, 1.54) is 25.9 Å². The maximum Gasteiger partial charge on any atom is 0.0348 e. The summed E-state index contributed by atoms with van der Waals surface area (Å²) in [4.78, 5) is 2.46. The molecule has 1 fully saturated rings. The quantitative estimate of drug-likeness (QED) is 0.578. The summed E-state index contributed by atoms with van der Waals surface area (Å²) in [5.74, 6) is 1.53. The molecule has 1 N–H and O–H groups in total. The normalized spacial score (nSPS) is 24.4. The van der Waals surface area contributed by atoms with Crippen molar-refractivity contribution in [3.63, 3.8) is 0 Å². The number of halogens is 1. The lowest BCUT2D eigenvalue weighted by Gasteiger charge is -2.40. The number of likely N-dealkylation sites (tertiary alicyclic amines) is 1. The number of piperidine rings is 1. The van der Waals surface area contributed by atoms with Gasteiger partial charge in [0.15, 0.2) is 0 Å². The molecule has 15 heavy (non-hydrogen) atoms. The molecule has 90 valence electrons. The fraction of sp³-hybridized carbons (Fsp3) is 1.00. The minimum atomic E-state index is 0.390. The van der Waals surface area contributed by atoms with Gasteiger partial charge in [-0.3, -0.25) is 0 Å². The number of nitrogens with zero attached hydrogens (tertiary/aromatic N) is 1. The molecule has 1 aliphatic rings. The summed E-state index contributed by atoms with van der Waals surface area (Å²) >= 11 is 5.67. The molecule has 1 saturated heterocycles. The van der Waals surface area contributed by atoms with Crippen LogP contribution >= 0.6 is 11.6 Å². The fourth-order valence-corrected chi connectivity index (χ4v) is 2.56. The highest BCUT2D eigenvalue weighted by atomic mass is 35.5. The third kappa shape index (κ3) is 4.29. The predicted octanol–water partition coefficient (Wildman–Crippen LogP) is 2.18. The maximum atomic E-state index is 5.67. The van der Waals surface area contributed by atoms with E-state index in [-0.39, 0.29) is 0 Å². The van der Waals surface area contributed by atoms with Gasteiger partial charge in [0.1, 0.15) is 0 Å². The van der Waals surface area contributed by atoms with Gasteiger partial charge in [-0.15, -0.1) is 11.6 Å². The van der Waals surface area contributed by atoms with Gasteiger partial charge in [-0.25, -0.2) is 0 Å². The zero-order valence-corrected chi connectivity index (χ0v) is 11.1. The minimum Gasteiger partial charge on any atom is -0.315 e. The summed E-state index contributed by atoms with van der Waals surface area (Å²) in [6, 6.07) is 0. The van der Waals surface area contributed by atoms with Crippen molar-refractivity contribution < 1.29 is 0 Å². The molecule has 0 aliphatic carbocycles. The second-order valence-corrected chi connectivity index (χ2v) is 5.83. The van der Waals surface area contributed by atoms with Crippen LogP contribution in [0.15, 0.2) is 0 Å². The van der Waals surface area contributed by atoms with Crippen LogP contribution in [0.25, 0.3) is 0 Å². The largest absolute Gasteiger partial charge is 0.315 e. The summed E-state index contributed by atoms with van der Waals surface area (Å²) in [5, 5.41) is 3.44. The monoisotopic (exact) mass is 232 g/mol. The first-order chi connectivity index (χ1) is 7.06. The molecule has 0 amide bonds. The fourth-order valence-electron chi connectivity index (χ4n) is 2.43. The molecule has 0 bridgehead atoms. The number of hydrogen-bond donors (Lipinski definition) is 1. The highest BCUT2D eigenvalue weighted by Gasteiger charge is 2.31. The SMILES string of the molecule is CN1CCCC(C(C)(C)CNCCCl)C1. The molecule has 1 rings (SSSR count). The predicted molar refractivity (Wildman–Crippen MR) is 67.6 cm³/mol. The van der Waals surface area contributed by atoms with Crippen LogP contribution in [0.2, 0.25) is 0 Å². The van der Waals surface area contributed by atoms with E-state index in [2.05, 4.69) is 31.1 Å². The zero-order valence-electron chi connectivity index (χ0n) is 10.4. The van der Waals surface area contributed by atoms with Crippen molar-refractivity contribution >= 4 is 11.6 Å². The lowest BCUT2D eigenvalue weighted by Crippen LogP contribution is -2.44. The molecule has 1 heterocycles. The summed E-state index contributed by atoms with van der Waals surface area (Å²) in [6.45, 7) is 9.26. The van der Waals surface area contributed by atoms with Crippen LogP contribution in [0, 0.1) is 11.3 Å². The van der Waals surface area contributed by atoms with E-state index in [4.69, 9.17) is 11.6 Å². The van der Waals surface area contributed by atoms with Gasteiger partial charge >= 0.3 is 0 Å². The van der Waals surface area contributed by atoms with Gasteiger partial charge in [0.05, 0.1) is 0 Å². The lowest BCUT2D eigenvalue weighted by molar-refractivity contribution is 0.103. The zero-order chi connectivity index (χ0) is 11.3. The maximum absolute atomic E-state index is 5.67. The Morgan fingerprint density at radius 3 is 2.80 bits per heavy atom. The van der Waals surface area contributed by atoms with Crippen LogP contribution in [0.4, 0.5) is 0 Å². The first-order valence-corrected chi connectivity index (χ1v) is 6.55. The number of rotatable bonds is 5. The van der Waals surface area contributed by atoms with E-state index >= 15 is 0 Å². The minimum absolute atomic E-state index is 0.390. The van der Waals surface area contributed by atoms with Gasteiger partial charge in [-0.05, 0) is 37.8 Å². The summed E-state index contributed by atoms with van der Waals surface area (Å²) in [6.07, 6.45) is 2.72. The second-order valence-electron chi connectivity index (χ2n) is 5.46. The summed E-state index contributed by atoms with van der Waals surface area (Å²) < 4.78 is 0. The van der Waals surface area contributed by atoms with Gasteiger partial charge in [-0.1, -0.05) is 13.8 Å². The average Bonchev–Trinajstić information content (AvgIpc) is 2.18. The van der Waals surface area contributed by atoms with Gasteiger partial charge in [0.2, 0.25) is 0 Å². The van der Waals surface area contributed by atoms with E-state index in [0.717, 1.165) is 19.0 Å². The van der Waals surface area contributed by atoms with Crippen LogP contribution < -0.4 is 5.32 Å². The Balaban J connectivity index is 2.37. The van der Waals surface area contributed by atoms with Crippen LogP contribution in [0.5, 0.6) is 0 Å². The molecular weight excluding hydrogens is 208 g/mol. The highest BCUT2D eigenvalue weighted by Crippen LogP contribution is 2.32. The standard InChI is InChI=1S/C12H25ClN2/c1-12(2,10-14-7-6-13)11-5-4-8-15(3)9-11/h11,14H,4-10H2,1-3H3. The first-order valence-electron chi connectivity index (χ1n) is 6.01. The third-order valence-electron chi connectivity index (χ3n) is 3.58. The van der Waals surface area contributed by atoms with Gasteiger partial charge in [0, 0.05) is 25.5 Å². The Hall–Kier alpha value is 0.210. The Labute approximate surface area is 99.4 Å². The molecule has 0 spiro atoms. The van der Waals surface area contributed by atoms with Crippen LogP contribution in [-0.2, 0) is 0 Å². The third-order valence-corrected chi connectivity index (χ3v) is 3.77. The molecule has 1 unspecified atom stereocenters. The molecule has 1 atom stereocenters. The van der Waals surface area contributed by atoms with Crippen LogP contribution in [0.1, 0.15) is 26.7 Å². The summed E-state index contributed by atoms with van der Waals surface area (Å²) in [5.41, 5.74) is 0.390. The van der Waals surface area contributed by atoms with Crippen molar-refractivity contribution in [1.82, 2.24) is 10.2 Å². The Morgan fingerprint density at radius 2 is 2.20 bits per heavy atom. The Morgan fingerprint density at radius 1 is 1.47 bits per heavy atom. The molecule has 0 saturated carbocycles.